The Morgan fingerprint density at radius 3 is 1.17 bits per heavy atom. The first-order chi connectivity index (χ1) is 22.1. The number of hydrogen-bond acceptors (Lipinski definition) is 4. The molecule has 3 aromatic rings. The third kappa shape index (κ3) is 12.7. The van der Waals surface area contributed by atoms with E-state index in [-0.39, 0.29) is 17.9 Å². The van der Waals surface area contributed by atoms with Gasteiger partial charge in [-0.25, -0.2) is 0 Å². The summed E-state index contributed by atoms with van der Waals surface area (Å²) >= 11 is 0. The average Bonchev–Trinajstić information content (AvgIpc) is 3.00. The Morgan fingerprint density at radius 2 is 0.804 bits per heavy atom. The number of benzene rings is 3. The Bertz CT molecular complexity index is 1600. The molecule has 0 spiro atoms. The van der Waals surface area contributed by atoms with Gasteiger partial charge in [0.1, 0.15) is 0 Å². The van der Waals surface area contributed by atoms with Crippen LogP contribution in [0.3, 0.4) is 0 Å². The lowest BCUT2D eigenvalue weighted by atomic mass is 9.98. The highest BCUT2D eigenvalue weighted by Gasteiger charge is 2.06. The minimum absolute atomic E-state index is 0.0601. The van der Waals surface area contributed by atoms with Crippen LogP contribution in [0.2, 0.25) is 0 Å². The normalized spacial score (nSPS) is 10.5. The molecular weight excluding hydrogens is 574 g/mol. The molecule has 0 atom stereocenters. The van der Waals surface area contributed by atoms with Crippen molar-refractivity contribution in [3.8, 4) is 23.7 Å². The standard InChI is InChI=1S/C35H43N11/c1-24(36)43-17-13-29-11-9-27(22-31(29)15-19-45-34(39)40)7-5-25-3-2-4-26(21-25)6-8-28-10-12-30(14-18-44-33(37)38)32(23-28)16-20-46-35(41)42/h2-4,9-12,21-23H,13-20H2,1H3,(H2,36,43)(H4,37,38,44)(H4,39,40,45)(H4,41,42,46). The van der Waals surface area contributed by atoms with E-state index in [1.807, 2.05) is 42.5 Å². The summed E-state index contributed by atoms with van der Waals surface area (Å²) in [4.78, 5) is 16.7. The molecule has 0 aromatic heterocycles. The zero-order valence-electron chi connectivity index (χ0n) is 26.3. The molecule has 0 bridgehead atoms. The number of amidine groups is 1. The fraction of sp³-hybridized carbons (Fsp3) is 0.257. The summed E-state index contributed by atoms with van der Waals surface area (Å²) in [6.07, 6.45) is 2.80. The second kappa shape index (κ2) is 18.0. The molecule has 0 aliphatic rings. The third-order valence-corrected chi connectivity index (χ3v) is 6.75. The van der Waals surface area contributed by atoms with Crippen molar-refractivity contribution >= 4 is 23.7 Å². The van der Waals surface area contributed by atoms with E-state index >= 15 is 0 Å². The van der Waals surface area contributed by atoms with Crippen molar-refractivity contribution < 1.29 is 0 Å². The highest BCUT2D eigenvalue weighted by Crippen LogP contribution is 2.16. The van der Waals surface area contributed by atoms with Crippen LogP contribution in [-0.2, 0) is 25.7 Å². The maximum atomic E-state index is 5.70. The van der Waals surface area contributed by atoms with Crippen LogP contribution in [0.4, 0.5) is 0 Å². The maximum absolute atomic E-state index is 5.70. The number of nitrogens with two attached hydrogens (primary N) is 7. The van der Waals surface area contributed by atoms with E-state index in [0.29, 0.717) is 51.3 Å². The Hall–Kier alpha value is -5.94. The number of aliphatic imine (C=N–C) groups is 4. The average molecular weight is 618 g/mol. The van der Waals surface area contributed by atoms with Crippen LogP contribution in [-0.4, -0.2) is 49.9 Å². The molecule has 11 nitrogen and oxygen atoms in total. The van der Waals surface area contributed by atoms with Gasteiger partial charge in [-0.05, 0) is 97.3 Å². The molecule has 0 fully saturated rings. The predicted octanol–water partition coefficient (Wildman–Crippen LogP) is 0.854. The Kier molecular flexibility index (Phi) is 13.5. The number of rotatable bonds is 12. The zero-order valence-corrected chi connectivity index (χ0v) is 26.3. The first-order valence-electron chi connectivity index (χ1n) is 14.9. The molecule has 0 saturated heterocycles. The minimum atomic E-state index is 0.0601. The van der Waals surface area contributed by atoms with Gasteiger partial charge in [0.2, 0.25) is 0 Å². The van der Waals surface area contributed by atoms with Crippen molar-refractivity contribution in [1.29, 1.82) is 0 Å². The third-order valence-electron chi connectivity index (χ3n) is 6.75. The van der Waals surface area contributed by atoms with Gasteiger partial charge in [0.25, 0.3) is 0 Å². The SMILES string of the molecule is CC(N)=NCCc1ccc(C#Cc2cccc(C#Cc3ccc(CCN=C(N)N)c(CCN=C(N)N)c3)c2)cc1CCN=C(N)N. The van der Waals surface area contributed by atoms with Crippen LogP contribution in [0, 0.1) is 23.7 Å². The second-order valence-corrected chi connectivity index (χ2v) is 10.5. The van der Waals surface area contributed by atoms with Crippen LogP contribution in [0.15, 0.2) is 80.6 Å². The molecule has 11 heteroatoms. The Balaban J connectivity index is 1.81. The van der Waals surface area contributed by atoms with Crippen molar-refractivity contribution in [1.82, 2.24) is 0 Å². The van der Waals surface area contributed by atoms with Crippen LogP contribution in [0.5, 0.6) is 0 Å². The fourth-order valence-corrected chi connectivity index (χ4v) is 4.59. The molecular formula is C35H43N11. The summed E-state index contributed by atoms with van der Waals surface area (Å²) < 4.78 is 0. The molecule has 0 amide bonds. The van der Waals surface area contributed by atoms with Gasteiger partial charge in [-0.15, -0.1) is 0 Å². The van der Waals surface area contributed by atoms with Gasteiger partial charge < -0.3 is 40.1 Å². The second-order valence-electron chi connectivity index (χ2n) is 10.5. The lowest BCUT2D eigenvalue weighted by Gasteiger charge is -2.09. The summed E-state index contributed by atoms with van der Waals surface area (Å²) in [5, 5.41) is 0. The molecule has 238 valence electrons. The maximum Gasteiger partial charge on any atom is 0.185 e. The van der Waals surface area contributed by atoms with E-state index in [2.05, 4.69) is 61.9 Å². The summed E-state index contributed by atoms with van der Waals surface area (Å²) in [6.45, 7) is 3.84. The minimum Gasteiger partial charge on any atom is -0.388 e. The molecule has 0 aliphatic carbocycles. The molecule has 0 heterocycles. The monoisotopic (exact) mass is 617 g/mol. The highest BCUT2D eigenvalue weighted by molar-refractivity contribution is 5.77. The molecule has 3 aromatic carbocycles. The Morgan fingerprint density at radius 1 is 0.457 bits per heavy atom. The molecule has 0 saturated carbocycles. The van der Waals surface area contributed by atoms with E-state index in [0.717, 1.165) is 45.4 Å². The predicted molar refractivity (Wildman–Crippen MR) is 190 cm³/mol. The number of hydrogen-bond donors (Lipinski definition) is 7. The molecule has 46 heavy (non-hydrogen) atoms. The molecule has 3 rings (SSSR count). The summed E-state index contributed by atoms with van der Waals surface area (Å²) in [6, 6.07) is 20.1. The molecule has 0 unspecified atom stereocenters. The largest absolute Gasteiger partial charge is 0.388 e. The lowest BCUT2D eigenvalue weighted by Crippen LogP contribution is -2.23. The van der Waals surface area contributed by atoms with Gasteiger partial charge in [-0.3, -0.25) is 20.0 Å². The molecule has 0 aliphatic heterocycles. The van der Waals surface area contributed by atoms with Gasteiger partial charge in [0.05, 0.1) is 5.84 Å². The van der Waals surface area contributed by atoms with Crippen molar-refractivity contribution in [3.05, 3.63) is 105 Å². The van der Waals surface area contributed by atoms with Gasteiger partial charge in [0.15, 0.2) is 17.9 Å². The smallest absolute Gasteiger partial charge is 0.185 e. The van der Waals surface area contributed by atoms with E-state index in [1.54, 1.807) is 6.92 Å². The van der Waals surface area contributed by atoms with Crippen LogP contribution >= 0.6 is 0 Å². The van der Waals surface area contributed by atoms with Gasteiger partial charge in [-0.2, -0.15) is 0 Å². The van der Waals surface area contributed by atoms with E-state index in [1.165, 1.54) is 5.56 Å². The van der Waals surface area contributed by atoms with E-state index in [4.69, 9.17) is 40.1 Å². The summed E-state index contributed by atoms with van der Waals surface area (Å²) in [5.41, 5.74) is 46.7. The molecule has 14 N–H and O–H groups in total. The summed E-state index contributed by atoms with van der Waals surface area (Å²) in [5.74, 6) is 13.9. The fourth-order valence-electron chi connectivity index (χ4n) is 4.59. The number of nitrogens with zero attached hydrogens (tertiary/aromatic N) is 4. The molecule has 0 radical (unpaired) electrons. The van der Waals surface area contributed by atoms with Crippen LogP contribution in [0.25, 0.3) is 0 Å². The quantitative estimate of drug-likeness (QED) is 0.0879. The van der Waals surface area contributed by atoms with Crippen LogP contribution < -0.4 is 40.1 Å². The number of guanidine groups is 3. The zero-order chi connectivity index (χ0) is 33.3. The van der Waals surface area contributed by atoms with Crippen LogP contribution in [0.1, 0.15) is 51.4 Å². The first kappa shape index (κ1) is 34.5. The van der Waals surface area contributed by atoms with Crippen molar-refractivity contribution in [3.63, 3.8) is 0 Å². The summed E-state index contributed by atoms with van der Waals surface area (Å²) in [7, 11) is 0. The van der Waals surface area contributed by atoms with Gasteiger partial charge in [0, 0.05) is 48.4 Å². The van der Waals surface area contributed by atoms with Crippen molar-refractivity contribution in [2.75, 3.05) is 26.2 Å². The highest BCUT2D eigenvalue weighted by atomic mass is 15.0. The van der Waals surface area contributed by atoms with E-state index in [9.17, 15) is 0 Å². The topological polar surface area (TPSA) is 232 Å². The van der Waals surface area contributed by atoms with Crippen molar-refractivity contribution in [2.24, 2.45) is 60.1 Å². The van der Waals surface area contributed by atoms with Crippen molar-refractivity contribution in [2.45, 2.75) is 32.6 Å². The Labute approximate surface area is 271 Å². The van der Waals surface area contributed by atoms with Gasteiger partial charge in [-0.1, -0.05) is 41.9 Å². The first-order valence-corrected chi connectivity index (χ1v) is 14.9. The lowest BCUT2D eigenvalue weighted by molar-refractivity contribution is 0.901. The van der Waals surface area contributed by atoms with E-state index < -0.39 is 0 Å². The van der Waals surface area contributed by atoms with Gasteiger partial charge >= 0.3 is 0 Å².